The number of aryl methyl sites for hydroxylation is 1. The van der Waals surface area contributed by atoms with E-state index < -0.39 is 11.9 Å². The summed E-state index contributed by atoms with van der Waals surface area (Å²) in [6.45, 7) is 1.99. The van der Waals surface area contributed by atoms with Crippen LogP contribution in [0.3, 0.4) is 0 Å². The predicted octanol–water partition coefficient (Wildman–Crippen LogP) is 1.10. The van der Waals surface area contributed by atoms with Crippen LogP contribution in [0.2, 0.25) is 0 Å². The number of nitrogens with one attached hydrogen (secondary N) is 2. The number of aromatic amines is 1. The fourth-order valence-electron chi connectivity index (χ4n) is 1.54. The van der Waals surface area contributed by atoms with Gasteiger partial charge in [0.2, 0.25) is 5.82 Å². The largest absolute Gasteiger partial charge is 0.477 e. The van der Waals surface area contributed by atoms with E-state index in [-0.39, 0.29) is 17.3 Å². The third-order valence-electron chi connectivity index (χ3n) is 2.43. The maximum Gasteiger partial charge on any atom is 0.354 e. The lowest BCUT2D eigenvalue weighted by Crippen LogP contribution is -2.15. The van der Waals surface area contributed by atoms with E-state index in [0.717, 1.165) is 6.42 Å². The van der Waals surface area contributed by atoms with Crippen LogP contribution in [0.15, 0.2) is 18.2 Å². The lowest BCUT2D eigenvalue weighted by Gasteiger charge is -2.02. The zero-order valence-electron chi connectivity index (χ0n) is 10.8. The molecule has 0 aromatic carbocycles. The van der Waals surface area contributed by atoms with Crippen molar-refractivity contribution in [3.05, 3.63) is 35.5 Å². The second-order valence-corrected chi connectivity index (χ2v) is 4.02. The van der Waals surface area contributed by atoms with E-state index in [4.69, 9.17) is 5.11 Å². The van der Waals surface area contributed by atoms with Gasteiger partial charge in [-0.05, 0) is 18.6 Å². The molecule has 2 aromatic rings. The van der Waals surface area contributed by atoms with Gasteiger partial charge in [0.25, 0.3) is 5.91 Å². The first-order valence-electron chi connectivity index (χ1n) is 6.03. The molecule has 0 bridgehead atoms. The van der Waals surface area contributed by atoms with Crippen molar-refractivity contribution >= 4 is 17.7 Å². The Kier molecular flexibility index (Phi) is 4.04. The molecular weight excluding hydrogens is 262 g/mol. The van der Waals surface area contributed by atoms with Crippen LogP contribution >= 0.6 is 0 Å². The first-order valence-corrected chi connectivity index (χ1v) is 6.03. The topological polar surface area (TPSA) is 121 Å². The second-order valence-electron chi connectivity index (χ2n) is 4.02. The number of pyridine rings is 1. The van der Waals surface area contributed by atoms with E-state index in [2.05, 4.69) is 25.5 Å². The third kappa shape index (κ3) is 3.16. The maximum absolute atomic E-state index is 11.9. The fourth-order valence-corrected chi connectivity index (χ4v) is 1.54. The van der Waals surface area contributed by atoms with Gasteiger partial charge >= 0.3 is 5.97 Å². The summed E-state index contributed by atoms with van der Waals surface area (Å²) < 4.78 is 0. The number of nitrogens with zero attached hydrogens (tertiary/aromatic N) is 3. The average Bonchev–Trinajstić information content (AvgIpc) is 2.88. The van der Waals surface area contributed by atoms with Gasteiger partial charge < -0.3 is 10.4 Å². The number of aromatic carboxylic acids is 1. The number of carboxylic acids is 1. The van der Waals surface area contributed by atoms with Gasteiger partial charge in [0.15, 0.2) is 5.69 Å². The van der Waals surface area contributed by atoms with E-state index in [9.17, 15) is 9.59 Å². The molecule has 0 saturated carbocycles. The van der Waals surface area contributed by atoms with E-state index in [1.54, 1.807) is 0 Å². The molecule has 0 atom stereocenters. The molecule has 0 saturated heterocycles. The van der Waals surface area contributed by atoms with Gasteiger partial charge in [0, 0.05) is 6.42 Å². The number of rotatable bonds is 5. The standard InChI is InChI=1S/C12H13N5O3/c1-2-4-9-14-10(17-16-9)11(18)15-8-6-3-5-7(13-8)12(19)20/h3,5-6H,2,4H2,1H3,(H,19,20)(H,13,15,18)(H,14,16,17). The summed E-state index contributed by atoms with van der Waals surface area (Å²) in [4.78, 5) is 30.5. The Morgan fingerprint density at radius 1 is 1.35 bits per heavy atom. The van der Waals surface area contributed by atoms with Crippen LogP contribution < -0.4 is 5.32 Å². The number of hydrogen-bond acceptors (Lipinski definition) is 5. The minimum atomic E-state index is -1.16. The van der Waals surface area contributed by atoms with Crippen molar-refractivity contribution in [3.8, 4) is 0 Å². The Bertz CT molecular complexity index is 638. The fraction of sp³-hybridized carbons (Fsp3) is 0.250. The number of carboxylic acid groups (broad SMARTS) is 1. The Hall–Kier alpha value is -2.77. The van der Waals surface area contributed by atoms with Crippen molar-refractivity contribution in [1.29, 1.82) is 0 Å². The number of hydrogen-bond donors (Lipinski definition) is 3. The Morgan fingerprint density at radius 2 is 2.15 bits per heavy atom. The molecule has 0 fully saturated rings. The van der Waals surface area contributed by atoms with Gasteiger partial charge in [-0.3, -0.25) is 9.89 Å². The first-order chi connectivity index (χ1) is 9.60. The zero-order chi connectivity index (χ0) is 14.5. The molecule has 2 rings (SSSR count). The molecule has 20 heavy (non-hydrogen) atoms. The molecule has 0 aliphatic heterocycles. The highest BCUT2D eigenvalue weighted by Crippen LogP contribution is 2.06. The Labute approximate surface area is 114 Å². The maximum atomic E-state index is 11.9. The van der Waals surface area contributed by atoms with E-state index in [1.165, 1.54) is 18.2 Å². The van der Waals surface area contributed by atoms with Crippen LogP contribution in [0.4, 0.5) is 5.82 Å². The van der Waals surface area contributed by atoms with Crippen LogP contribution in [0, 0.1) is 0 Å². The summed E-state index contributed by atoms with van der Waals surface area (Å²) >= 11 is 0. The highest BCUT2D eigenvalue weighted by molar-refractivity contribution is 6.01. The summed E-state index contributed by atoms with van der Waals surface area (Å²) in [5.41, 5.74) is -0.149. The van der Waals surface area contributed by atoms with Crippen LogP contribution in [0.25, 0.3) is 0 Å². The number of carbonyl (C=O) groups excluding carboxylic acids is 1. The Morgan fingerprint density at radius 3 is 2.85 bits per heavy atom. The van der Waals surface area contributed by atoms with E-state index in [1.807, 2.05) is 6.92 Å². The number of aromatic nitrogens is 4. The smallest absolute Gasteiger partial charge is 0.354 e. The molecule has 2 aromatic heterocycles. The summed E-state index contributed by atoms with van der Waals surface area (Å²) in [5.74, 6) is -0.944. The number of carbonyl (C=O) groups is 2. The molecule has 8 nitrogen and oxygen atoms in total. The number of anilines is 1. The average molecular weight is 275 g/mol. The number of H-pyrrole nitrogens is 1. The van der Waals surface area contributed by atoms with Crippen LogP contribution in [-0.2, 0) is 6.42 Å². The Balaban J connectivity index is 2.10. The second kappa shape index (κ2) is 5.91. The molecule has 0 radical (unpaired) electrons. The molecule has 104 valence electrons. The number of amides is 1. The summed E-state index contributed by atoms with van der Waals surface area (Å²) in [6, 6.07) is 4.32. The normalized spacial score (nSPS) is 10.2. The lowest BCUT2D eigenvalue weighted by atomic mass is 10.3. The quantitative estimate of drug-likeness (QED) is 0.751. The molecule has 0 aliphatic rings. The van der Waals surface area contributed by atoms with E-state index in [0.29, 0.717) is 12.2 Å². The van der Waals surface area contributed by atoms with Gasteiger partial charge in [0.05, 0.1) is 0 Å². The predicted molar refractivity (Wildman–Crippen MR) is 69.5 cm³/mol. The summed E-state index contributed by atoms with van der Waals surface area (Å²) in [5, 5.41) is 17.7. The van der Waals surface area contributed by atoms with Gasteiger partial charge in [-0.2, -0.15) is 0 Å². The highest BCUT2D eigenvalue weighted by atomic mass is 16.4. The van der Waals surface area contributed by atoms with Crippen LogP contribution in [-0.4, -0.2) is 37.1 Å². The zero-order valence-corrected chi connectivity index (χ0v) is 10.8. The monoisotopic (exact) mass is 275 g/mol. The van der Waals surface area contributed by atoms with Gasteiger partial charge in [0.1, 0.15) is 11.6 Å². The summed E-state index contributed by atoms with van der Waals surface area (Å²) in [6.07, 6.45) is 1.59. The van der Waals surface area contributed by atoms with E-state index >= 15 is 0 Å². The minimum absolute atomic E-state index is 0.00372. The third-order valence-corrected chi connectivity index (χ3v) is 2.43. The molecule has 0 spiro atoms. The molecule has 8 heteroatoms. The first kappa shape index (κ1) is 13.7. The molecule has 0 unspecified atom stereocenters. The van der Waals surface area contributed by atoms with Gasteiger partial charge in [-0.15, -0.1) is 5.10 Å². The van der Waals surface area contributed by atoms with Crippen molar-refractivity contribution in [2.24, 2.45) is 0 Å². The summed E-state index contributed by atoms with van der Waals surface area (Å²) in [7, 11) is 0. The highest BCUT2D eigenvalue weighted by Gasteiger charge is 2.14. The van der Waals surface area contributed by atoms with Crippen molar-refractivity contribution < 1.29 is 14.7 Å². The van der Waals surface area contributed by atoms with Crippen LogP contribution in [0.5, 0.6) is 0 Å². The SMILES string of the molecule is CCCc1nc(C(=O)Nc2cccc(C(=O)O)n2)n[nH]1. The molecular formula is C12H13N5O3. The van der Waals surface area contributed by atoms with Crippen molar-refractivity contribution in [1.82, 2.24) is 20.2 Å². The van der Waals surface area contributed by atoms with Gasteiger partial charge in [-0.1, -0.05) is 13.0 Å². The van der Waals surface area contributed by atoms with Crippen LogP contribution in [0.1, 0.15) is 40.3 Å². The van der Waals surface area contributed by atoms with Crippen molar-refractivity contribution in [2.45, 2.75) is 19.8 Å². The van der Waals surface area contributed by atoms with Crippen molar-refractivity contribution in [2.75, 3.05) is 5.32 Å². The lowest BCUT2D eigenvalue weighted by molar-refractivity contribution is 0.0690. The molecule has 3 N–H and O–H groups in total. The van der Waals surface area contributed by atoms with Crippen molar-refractivity contribution in [3.63, 3.8) is 0 Å². The molecule has 1 amide bonds. The minimum Gasteiger partial charge on any atom is -0.477 e. The van der Waals surface area contributed by atoms with Gasteiger partial charge in [-0.25, -0.2) is 14.8 Å². The molecule has 2 heterocycles. The molecule has 0 aliphatic carbocycles.